The Hall–Kier alpha value is -1.03. The SMILES string of the molecule is C1=Cc2ccccc21.C[PH+](C)C.[Zr].c1cc[cH-]c1.c1cc[cH-]c1. The van der Waals surface area contributed by atoms with Crippen molar-refractivity contribution in [1.29, 1.82) is 0 Å². The molecule has 0 N–H and O–H groups in total. The van der Waals surface area contributed by atoms with Gasteiger partial charge in [0.1, 0.15) is 0 Å². The molecule has 0 atom stereocenters. The maximum atomic E-state index is 2.27. The summed E-state index contributed by atoms with van der Waals surface area (Å²) in [7, 11) is 0.120. The van der Waals surface area contributed by atoms with Gasteiger partial charge in [0.25, 0.3) is 0 Å². The van der Waals surface area contributed by atoms with Crippen molar-refractivity contribution in [2.75, 3.05) is 20.0 Å². The fraction of sp³-hybridized carbons (Fsp3) is 0.143. The first-order valence-corrected chi connectivity index (χ1v) is 10.6. The Bertz CT molecular complexity index is 504. The molecule has 0 spiro atoms. The second kappa shape index (κ2) is 14.6. The predicted octanol–water partition coefficient (Wildman–Crippen LogP) is 6.07. The summed E-state index contributed by atoms with van der Waals surface area (Å²) in [5, 5.41) is 0. The molecule has 0 fully saturated rings. The van der Waals surface area contributed by atoms with Crippen molar-refractivity contribution in [2.45, 2.75) is 0 Å². The topological polar surface area (TPSA) is 0 Å². The van der Waals surface area contributed by atoms with E-state index in [0.29, 0.717) is 0 Å². The Kier molecular flexibility index (Phi) is 13.9. The zero-order chi connectivity index (χ0) is 16.0. The van der Waals surface area contributed by atoms with Crippen LogP contribution in [-0.2, 0) is 26.2 Å². The van der Waals surface area contributed by atoms with Crippen LogP contribution in [0.4, 0.5) is 0 Å². The number of hydrogen-bond donors (Lipinski definition) is 0. The van der Waals surface area contributed by atoms with Gasteiger partial charge >= 0.3 is 0 Å². The summed E-state index contributed by atoms with van der Waals surface area (Å²) in [6.07, 6.45) is 4.24. The van der Waals surface area contributed by atoms with Crippen LogP contribution in [0.25, 0.3) is 12.2 Å². The molecule has 4 rings (SSSR count). The average Bonchev–Trinajstić information content (AvgIpc) is 3.19. The maximum Gasteiger partial charge on any atom is 0.0461 e. The minimum absolute atomic E-state index is 0. The molecule has 0 heterocycles. The summed E-state index contributed by atoms with van der Waals surface area (Å²) in [6, 6.07) is 28.4. The first-order valence-electron chi connectivity index (χ1n) is 7.57. The largest absolute Gasteiger partial charge is 0.214 e. The minimum Gasteiger partial charge on any atom is -0.214 e. The van der Waals surface area contributed by atoms with Crippen LogP contribution in [0.15, 0.2) is 84.9 Å². The van der Waals surface area contributed by atoms with Gasteiger partial charge in [-0.1, -0.05) is 36.4 Å². The van der Waals surface area contributed by atoms with Gasteiger partial charge in [0.05, 0.1) is 0 Å². The molecule has 2 heteroatoms. The quantitative estimate of drug-likeness (QED) is 0.248. The molecular weight excluding hydrogens is 374 g/mol. The van der Waals surface area contributed by atoms with Crippen LogP contribution in [-0.4, -0.2) is 20.0 Å². The molecule has 3 aromatic rings. The van der Waals surface area contributed by atoms with Gasteiger partial charge in [0.15, 0.2) is 0 Å². The third-order valence-corrected chi connectivity index (χ3v) is 2.55. The smallest absolute Gasteiger partial charge is 0.0461 e. The first kappa shape index (κ1) is 22.0. The number of benzene rings is 1. The van der Waals surface area contributed by atoms with Gasteiger partial charge < -0.3 is 0 Å². The number of fused-ring (bicyclic) bond motifs is 1. The van der Waals surface area contributed by atoms with E-state index in [1.807, 2.05) is 60.7 Å². The van der Waals surface area contributed by atoms with E-state index >= 15 is 0 Å². The van der Waals surface area contributed by atoms with Gasteiger partial charge in [-0.25, -0.2) is 24.3 Å². The Morgan fingerprint density at radius 3 is 1.04 bits per heavy atom. The monoisotopic (exact) mass is 399 g/mol. The molecule has 0 amide bonds. The van der Waals surface area contributed by atoms with Crippen molar-refractivity contribution in [3.8, 4) is 0 Å². The molecule has 0 nitrogen and oxygen atoms in total. The van der Waals surface area contributed by atoms with Crippen molar-refractivity contribution >= 4 is 20.1 Å². The molecule has 0 bridgehead atoms. The standard InChI is InChI=1S/C8H6.2C5H5.C3H9P.Zr/c1-2-4-8-6-5-7(8)3-1;2*1-2-4-5-3-1;1-4(2)3;/h1-6H;2*1-5H;1-3H3;/q;2*-1;;/p+1. The fourth-order valence-corrected chi connectivity index (χ4v) is 1.54. The van der Waals surface area contributed by atoms with Crippen molar-refractivity contribution in [2.24, 2.45) is 0 Å². The number of rotatable bonds is 0. The van der Waals surface area contributed by atoms with E-state index in [-0.39, 0.29) is 34.1 Å². The van der Waals surface area contributed by atoms with Crippen LogP contribution in [0.3, 0.4) is 0 Å². The zero-order valence-corrected chi connectivity index (χ0v) is 17.7. The van der Waals surface area contributed by atoms with E-state index in [9.17, 15) is 0 Å². The van der Waals surface area contributed by atoms with Gasteiger partial charge in [-0.3, -0.25) is 0 Å². The molecule has 1 aliphatic carbocycles. The van der Waals surface area contributed by atoms with E-state index in [2.05, 4.69) is 56.4 Å². The van der Waals surface area contributed by atoms with E-state index < -0.39 is 0 Å². The third-order valence-electron chi connectivity index (χ3n) is 2.55. The van der Waals surface area contributed by atoms with Gasteiger partial charge in [-0.05, 0) is 19.0 Å². The summed E-state index contributed by atoms with van der Waals surface area (Å²) in [4.78, 5) is 0. The summed E-state index contributed by atoms with van der Waals surface area (Å²) in [5.74, 6) is 0. The third kappa shape index (κ3) is 12.1. The first-order chi connectivity index (χ1) is 10.7. The van der Waals surface area contributed by atoms with Gasteiger partial charge in [-0.15, -0.1) is 0 Å². The molecule has 0 saturated heterocycles. The second-order valence-electron chi connectivity index (χ2n) is 5.39. The summed E-state index contributed by atoms with van der Waals surface area (Å²) in [6.45, 7) is 6.81. The number of hydrogen-bond acceptors (Lipinski definition) is 0. The van der Waals surface area contributed by atoms with Crippen molar-refractivity contribution in [3.63, 3.8) is 0 Å². The van der Waals surface area contributed by atoms with E-state index in [1.165, 1.54) is 11.1 Å². The Labute approximate surface area is 161 Å². The average molecular weight is 401 g/mol. The minimum atomic E-state index is 0. The molecule has 120 valence electrons. The molecule has 1 aliphatic rings. The van der Waals surface area contributed by atoms with Crippen LogP contribution < -0.4 is 0 Å². The zero-order valence-electron chi connectivity index (χ0n) is 14.2. The Morgan fingerprint density at radius 2 is 0.913 bits per heavy atom. The van der Waals surface area contributed by atoms with Crippen LogP contribution >= 0.6 is 7.92 Å². The molecule has 0 aliphatic heterocycles. The fourth-order valence-electron chi connectivity index (χ4n) is 1.54. The predicted molar refractivity (Wildman–Crippen MR) is 106 cm³/mol. The molecule has 0 aromatic heterocycles. The van der Waals surface area contributed by atoms with E-state index in [4.69, 9.17) is 0 Å². The van der Waals surface area contributed by atoms with E-state index in [1.54, 1.807) is 0 Å². The Balaban J connectivity index is 0.000000289. The molecule has 0 radical (unpaired) electrons. The molecule has 23 heavy (non-hydrogen) atoms. The van der Waals surface area contributed by atoms with Crippen LogP contribution in [0.2, 0.25) is 0 Å². The molecule has 0 unspecified atom stereocenters. The maximum absolute atomic E-state index is 2.27. The van der Waals surface area contributed by atoms with Crippen molar-refractivity contribution in [1.82, 2.24) is 0 Å². The molecule has 3 aromatic carbocycles. The van der Waals surface area contributed by atoms with Gasteiger partial charge in [-0.2, -0.15) is 36.4 Å². The summed E-state index contributed by atoms with van der Waals surface area (Å²) in [5.41, 5.74) is 2.74. The second-order valence-corrected chi connectivity index (χ2v) is 8.39. The Morgan fingerprint density at radius 1 is 0.609 bits per heavy atom. The van der Waals surface area contributed by atoms with Crippen molar-refractivity contribution < 1.29 is 26.2 Å². The van der Waals surface area contributed by atoms with Crippen molar-refractivity contribution in [3.05, 3.63) is 96.1 Å². The van der Waals surface area contributed by atoms with Gasteiger partial charge in [0.2, 0.25) is 0 Å². The normalized spacial score (nSPS) is 9.39. The van der Waals surface area contributed by atoms with E-state index in [0.717, 1.165) is 0 Å². The van der Waals surface area contributed by atoms with Gasteiger partial charge in [0, 0.05) is 46.2 Å². The summed E-state index contributed by atoms with van der Waals surface area (Å²) >= 11 is 0. The van der Waals surface area contributed by atoms with Crippen LogP contribution in [0.1, 0.15) is 11.1 Å². The van der Waals surface area contributed by atoms with Crippen LogP contribution in [0.5, 0.6) is 0 Å². The molecule has 0 saturated carbocycles. The molecular formula is C21H26PZr-. The summed E-state index contributed by atoms with van der Waals surface area (Å²) < 4.78 is 0. The van der Waals surface area contributed by atoms with Crippen LogP contribution in [0, 0.1) is 0 Å².